The molecule has 4 rings (SSSR count). The number of nitrogens with zero attached hydrogens (tertiary/aromatic N) is 5. The molecule has 2 unspecified atom stereocenters. The summed E-state index contributed by atoms with van der Waals surface area (Å²) < 4.78 is 27.9. The van der Waals surface area contributed by atoms with Crippen molar-refractivity contribution in [2.75, 3.05) is 32.7 Å². The molecule has 2 N–H and O–H groups in total. The van der Waals surface area contributed by atoms with Gasteiger partial charge in [0.2, 0.25) is 5.95 Å². The third kappa shape index (κ3) is 6.64. The number of phenols is 1. The van der Waals surface area contributed by atoms with Gasteiger partial charge in [0.15, 0.2) is 17.3 Å². The van der Waals surface area contributed by atoms with Crippen LogP contribution in [0.2, 0.25) is 5.02 Å². The average Bonchev–Trinajstić information content (AvgIpc) is 3.35. The molecule has 0 spiro atoms. The Morgan fingerprint density at radius 2 is 1.64 bits per heavy atom. The first-order chi connectivity index (χ1) is 19.0. The molecule has 2 aromatic heterocycles. The normalized spacial score (nSPS) is 12.5. The molecule has 0 aliphatic carbocycles. The summed E-state index contributed by atoms with van der Waals surface area (Å²) in [5, 5.41) is 19.2. The van der Waals surface area contributed by atoms with Crippen LogP contribution < -0.4 is 18.9 Å². The molecule has 0 amide bonds. The van der Waals surface area contributed by atoms with Gasteiger partial charge < -0.3 is 24.1 Å². The smallest absolute Gasteiger partial charge is 0.239 e. The first-order valence-corrected chi connectivity index (χ1v) is 13.2. The fourth-order valence-electron chi connectivity index (χ4n) is 3.85. The van der Waals surface area contributed by atoms with E-state index in [1.54, 1.807) is 45.6 Å². The van der Waals surface area contributed by atoms with Crippen LogP contribution in [-0.2, 0) is 11.2 Å². The maximum absolute atomic E-state index is 10.0. The summed E-state index contributed by atoms with van der Waals surface area (Å²) in [7, 11) is 4.77. The Morgan fingerprint density at radius 1 is 0.974 bits per heavy atom. The van der Waals surface area contributed by atoms with Crippen LogP contribution in [0.4, 0.5) is 5.95 Å². The van der Waals surface area contributed by atoms with Crippen LogP contribution in [0.3, 0.4) is 0 Å². The molecule has 2 aromatic carbocycles. The summed E-state index contributed by atoms with van der Waals surface area (Å²) in [6.07, 6.45) is 3.04. The molecule has 11 nitrogen and oxygen atoms in total. The van der Waals surface area contributed by atoms with Crippen LogP contribution in [0.15, 0.2) is 54.9 Å². The number of benzene rings is 2. The summed E-state index contributed by atoms with van der Waals surface area (Å²) in [6.45, 7) is 2.23. The topological polar surface area (TPSA) is 126 Å². The van der Waals surface area contributed by atoms with E-state index in [-0.39, 0.29) is 17.6 Å². The minimum absolute atomic E-state index is 0.0653. The van der Waals surface area contributed by atoms with Crippen molar-refractivity contribution in [3.63, 3.8) is 0 Å². The zero-order valence-electron chi connectivity index (χ0n) is 21.9. The molecule has 39 heavy (non-hydrogen) atoms. The lowest BCUT2D eigenvalue weighted by molar-refractivity contribution is 0.0972. The Morgan fingerprint density at radius 3 is 2.28 bits per heavy atom. The predicted octanol–water partition coefficient (Wildman–Crippen LogP) is 4.89. The van der Waals surface area contributed by atoms with E-state index in [4.69, 9.17) is 30.5 Å². The summed E-state index contributed by atoms with van der Waals surface area (Å²) >= 11 is 7.32. The van der Waals surface area contributed by atoms with Crippen LogP contribution in [0.1, 0.15) is 24.7 Å². The molecule has 0 aliphatic rings. The third-order valence-electron chi connectivity index (χ3n) is 5.72. The number of rotatable bonds is 13. The number of nitrogens with one attached hydrogen (secondary N) is 1. The van der Waals surface area contributed by atoms with Gasteiger partial charge in [-0.2, -0.15) is 0 Å². The lowest BCUT2D eigenvalue weighted by atomic mass is 10.2. The number of halogens is 1. The van der Waals surface area contributed by atoms with Gasteiger partial charge >= 0.3 is 0 Å². The van der Waals surface area contributed by atoms with Crippen molar-refractivity contribution in [2.24, 2.45) is 0 Å². The highest BCUT2D eigenvalue weighted by molar-refractivity contribution is 8.01. The number of phenolic OH excluding ortho intramolecular Hbond substituents is 1. The highest BCUT2D eigenvalue weighted by atomic mass is 35.5. The average molecular weight is 573 g/mol. The molecule has 0 saturated heterocycles. The van der Waals surface area contributed by atoms with E-state index in [0.717, 1.165) is 0 Å². The van der Waals surface area contributed by atoms with Gasteiger partial charge in [-0.15, -0.1) is 10.2 Å². The second-order valence-electron chi connectivity index (χ2n) is 8.19. The van der Waals surface area contributed by atoms with Crippen molar-refractivity contribution in [1.29, 1.82) is 0 Å². The SMILES string of the molecule is COc1cccc(OC)c1-n1c(CCOc2ccccc2O)nnc1NSC(C)C(OC)c1ncc(Cl)cn1. The van der Waals surface area contributed by atoms with Crippen LogP contribution in [0, 0.1) is 0 Å². The van der Waals surface area contributed by atoms with Crippen LogP contribution in [0.25, 0.3) is 5.69 Å². The zero-order chi connectivity index (χ0) is 27.8. The number of hydrogen-bond donors (Lipinski definition) is 2. The van der Waals surface area contributed by atoms with E-state index < -0.39 is 6.10 Å². The highest BCUT2D eigenvalue weighted by Gasteiger charge is 2.25. The Hall–Kier alpha value is -3.74. The lowest BCUT2D eigenvalue weighted by Crippen LogP contribution is -2.19. The Kier molecular flexibility index (Phi) is 9.69. The number of hydrogen-bond acceptors (Lipinski definition) is 11. The highest BCUT2D eigenvalue weighted by Crippen LogP contribution is 2.37. The van der Waals surface area contributed by atoms with Crippen molar-refractivity contribution < 1.29 is 24.1 Å². The molecule has 0 fully saturated rings. The number of aromatic hydroxyl groups is 1. The largest absolute Gasteiger partial charge is 0.504 e. The minimum atomic E-state index is -0.414. The van der Waals surface area contributed by atoms with E-state index >= 15 is 0 Å². The molecule has 0 saturated carbocycles. The van der Waals surface area contributed by atoms with Crippen molar-refractivity contribution in [3.8, 4) is 28.7 Å². The van der Waals surface area contributed by atoms with Gasteiger partial charge in [0.05, 0.1) is 31.1 Å². The van der Waals surface area contributed by atoms with E-state index in [1.165, 1.54) is 24.3 Å². The van der Waals surface area contributed by atoms with Gasteiger partial charge in [0.25, 0.3) is 0 Å². The number of aromatic nitrogens is 5. The maximum atomic E-state index is 10.0. The summed E-state index contributed by atoms with van der Waals surface area (Å²) in [6, 6.07) is 12.3. The standard InChI is InChI=1S/C26H29ClN6O5S/c1-16(24(37-4)25-28-14-17(27)15-29-25)39-32-26-31-30-22(12-13-38-19-9-6-5-8-18(19)34)33(26)23-20(35-2)10-7-11-21(23)36-3/h5-11,14-16,24,34H,12-13H2,1-4H3,(H,31,32). The lowest BCUT2D eigenvalue weighted by Gasteiger charge is -2.22. The maximum Gasteiger partial charge on any atom is 0.239 e. The summed E-state index contributed by atoms with van der Waals surface area (Å²) in [5.74, 6) is 3.14. The fraction of sp³-hybridized carbons (Fsp3) is 0.308. The van der Waals surface area contributed by atoms with Crippen molar-refractivity contribution in [3.05, 3.63) is 71.5 Å². The number of anilines is 1. The number of methoxy groups -OCH3 is 3. The minimum Gasteiger partial charge on any atom is -0.504 e. The van der Waals surface area contributed by atoms with Crippen molar-refractivity contribution in [1.82, 2.24) is 24.7 Å². The monoisotopic (exact) mass is 572 g/mol. The van der Waals surface area contributed by atoms with Crippen LogP contribution in [-0.4, -0.2) is 63.0 Å². The second kappa shape index (κ2) is 13.4. The Bertz CT molecular complexity index is 1350. The predicted molar refractivity (Wildman–Crippen MR) is 149 cm³/mol. The molecule has 2 heterocycles. The van der Waals surface area contributed by atoms with Crippen molar-refractivity contribution in [2.45, 2.75) is 24.7 Å². The molecule has 0 aliphatic heterocycles. The molecular weight excluding hydrogens is 544 g/mol. The Labute approximate surface area is 235 Å². The molecule has 206 valence electrons. The fourth-order valence-corrected chi connectivity index (χ4v) is 4.72. The first-order valence-electron chi connectivity index (χ1n) is 11.9. The van der Waals surface area contributed by atoms with E-state index in [1.807, 2.05) is 29.7 Å². The van der Waals surface area contributed by atoms with Crippen molar-refractivity contribution >= 4 is 29.5 Å². The van der Waals surface area contributed by atoms with Gasteiger partial charge in [0.1, 0.15) is 29.1 Å². The quantitative estimate of drug-likeness (QED) is 0.213. The molecule has 2 atom stereocenters. The number of ether oxygens (including phenoxy) is 4. The van der Waals surface area contributed by atoms with Crippen LogP contribution in [0.5, 0.6) is 23.0 Å². The van der Waals surface area contributed by atoms with Gasteiger partial charge in [-0.05, 0) is 43.1 Å². The third-order valence-corrected chi connectivity index (χ3v) is 6.83. The summed E-state index contributed by atoms with van der Waals surface area (Å²) in [5.41, 5.74) is 0.630. The van der Waals surface area contributed by atoms with E-state index in [0.29, 0.717) is 52.0 Å². The summed E-state index contributed by atoms with van der Waals surface area (Å²) in [4.78, 5) is 8.60. The van der Waals surface area contributed by atoms with Gasteiger partial charge in [-0.1, -0.05) is 29.8 Å². The molecule has 13 heteroatoms. The van der Waals surface area contributed by atoms with Gasteiger partial charge in [-0.25, -0.2) is 9.97 Å². The zero-order valence-corrected chi connectivity index (χ0v) is 23.4. The first kappa shape index (κ1) is 28.3. The molecule has 4 aromatic rings. The van der Waals surface area contributed by atoms with Gasteiger partial charge in [-0.3, -0.25) is 9.29 Å². The van der Waals surface area contributed by atoms with Gasteiger partial charge in [0, 0.05) is 25.9 Å². The molecular formula is C26H29ClN6O5S. The second-order valence-corrected chi connectivity index (χ2v) is 9.81. The van der Waals surface area contributed by atoms with E-state index in [2.05, 4.69) is 24.9 Å². The molecule has 0 radical (unpaired) electrons. The molecule has 0 bridgehead atoms. The van der Waals surface area contributed by atoms with E-state index in [9.17, 15) is 5.11 Å². The van der Waals surface area contributed by atoms with Crippen LogP contribution >= 0.6 is 23.5 Å². The number of para-hydroxylation sites is 3. The Balaban J connectivity index is 1.61.